The van der Waals surface area contributed by atoms with Gasteiger partial charge in [-0.1, -0.05) is 12.1 Å². The van der Waals surface area contributed by atoms with Gasteiger partial charge in [0.2, 0.25) is 5.91 Å². The van der Waals surface area contributed by atoms with E-state index in [4.69, 9.17) is 4.74 Å². The molecule has 23 heavy (non-hydrogen) atoms. The van der Waals surface area contributed by atoms with Gasteiger partial charge in [0.05, 0.1) is 18.8 Å². The summed E-state index contributed by atoms with van der Waals surface area (Å²) in [5, 5.41) is 2.68. The van der Waals surface area contributed by atoms with E-state index in [1.807, 2.05) is 0 Å². The lowest BCUT2D eigenvalue weighted by atomic mass is 10.3. The van der Waals surface area contributed by atoms with Gasteiger partial charge in [-0.25, -0.2) is 8.78 Å². The molecule has 1 N–H and O–H groups in total. The molecule has 1 amide bonds. The average Bonchev–Trinajstić information content (AvgIpc) is 2.53. The maximum absolute atomic E-state index is 13.6. The van der Waals surface area contributed by atoms with Gasteiger partial charge in [0.15, 0.2) is 0 Å². The predicted octanol–water partition coefficient (Wildman–Crippen LogP) is 2.60. The number of rotatable bonds is 7. The Morgan fingerprint density at radius 1 is 1.13 bits per heavy atom. The maximum atomic E-state index is 13.6. The molecule has 2 aromatic rings. The topological polar surface area (TPSA) is 41.6 Å². The number of amides is 1. The molecule has 0 bridgehead atoms. The van der Waals surface area contributed by atoms with Crippen molar-refractivity contribution in [2.45, 2.75) is 0 Å². The second-order valence-electron chi connectivity index (χ2n) is 4.96. The van der Waals surface area contributed by atoms with Crippen molar-refractivity contribution in [2.24, 2.45) is 0 Å². The van der Waals surface area contributed by atoms with Crippen LogP contribution in [0, 0.1) is 11.6 Å². The number of hydrogen-bond acceptors (Lipinski definition) is 3. The third-order valence-corrected chi connectivity index (χ3v) is 3.15. The van der Waals surface area contributed by atoms with E-state index in [9.17, 15) is 13.6 Å². The molecule has 0 spiro atoms. The minimum absolute atomic E-state index is 0.0392. The van der Waals surface area contributed by atoms with Crippen molar-refractivity contribution in [1.82, 2.24) is 5.32 Å². The van der Waals surface area contributed by atoms with E-state index < -0.39 is 0 Å². The SMILES string of the molecule is CN(CC(=O)NCCOc1ccc(F)cc1)c1ccccc1F. The quantitative estimate of drug-likeness (QED) is 0.797. The number of hydrogen-bond donors (Lipinski definition) is 1. The van der Waals surface area contributed by atoms with Gasteiger partial charge in [0.1, 0.15) is 24.0 Å². The molecule has 0 saturated heterocycles. The zero-order chi connectivity index (χ0) is 16.7. The summed E-state index contributed by atoms with van der Waals surface area (Å²) in [6.45, 7) is 0.611. The lowest BCUT2D eigenvalue weighted by Gasteiger charge is -2.19. The van der Waals surface area contributed by atoms with Gasteiger partial charge in [0.25, 0.3) is 0 Å². The highest BCUT2D eigenvalue weighted by Crippen LogP contribution is 2.16. The lowest BCUT2D eigenvalue weighted by molar-refractivity contribution is -0.119. The van der Waals surface area contributed by atoms with E-state index >= 15 is 0 Å². The maximum Gasteiger partial charge on any atom is 0.239 e. The van der Waals surface area contributed by atoms with Crippen molar-refractivity contribution in [3.63, 3.8) is 0 Å². The molecule has 6 heteroatoms. The molecule has 122 valence electrons. The average molecular weight is 320 g/mol. The number of para-hydroxylation sites is 1. The second kappa shape index (κ2) is 8.12. The smallest absolute Gasteiger partial charge is 0.239 e. The van der Waals surface area contributed by atoms with E-state index in [0.29, 0.717) is 18.0 Å². The molecule has 0 fully saturated rings. The van der Waals surface area contributed by atoms with E-state index in [0.717, 1.165) is 0 Å². The summed E-state index contributed by atoms with van der Waals surface area (Å²) < 4.78 is 31.7. The van der Waals surface area contributed by atoms with Crippen LogP contribution in [-0.4, -0.2) is 32.7 Å². The molecule has 0 aliphatic heterocycles. The van der Waals surface area contributed by atoms with Crippen LogP contribution in [0.2, 0.25) is 0 Å². The van der Waals surface area contributed by atoms with Crippen LogP contribution >= 0.6 is 0 Å². The monoisotopic (exact) mass is 320 g/mol. The van der Waals surface area contributed by atoms with E-state index in [1.54, 1.807) is 25.2 Å². The fourth-order valence-corrected chi connectivity index (χ4v) is 2.01. The Morgan fingerprint density at radius 3 is 2.52 bits per heavy atom. The molecule has 0 saturated carbocycles. The number of halogens is 2. The first-order valence-electron chi connectivity index (χ1n) is 7.17. The van der Waals surface area contributed by atoms with Crippen LogP contribution in [0.3, 0.4) is 0 Å². The van der Waals surface area contributed by atoms with Gasteiger partial charge in [0, 0.05) is 7.05 Å². The number of carbonyl (C=O) groups is 1. The van der Waals surface area contributed by atoms with Crippen LogP contribution < -0.4 is 15.0 Å². The Bertz CT molecular complexity index is 647. The second-order valence-corrected chi connectivity index (χ2v) is 4.96. The lowest BCUT2D eigenvalue weighted by Crippen LogP contribution is -2.37. The fourth-order valence-electron chi connectivity index (χ4n) is 2.01. The molecule has 0 aromatic heterocycles. The Morgan fingerprint density at radius 2 is 1.83 bits per heavy atom. The molecule has 0 aliphatic carbocycles. The van der Waals surface area contributed by atoms with Gasteiger partial charge in [-0.15, -0.1) is 0 Å². The van der Waals surface area contributed by atoms with Crippen LogP contribution in [0.25, 0.3) is 0 Å². The molecule has 0 unspecified atom stereocenters. The largest absolute Gasteiger partial charge is 0.492 e. The molecular weight excluding hydrogens is 302 g/mol. The Hall–Kier alpha value is -2.63. The van der Waals surface area contributed by atoms with E-state index in [1.165, 1.54) is 35.2 Å². The van der Waals surface area contributed by atoms with Crippen LogP contribution in [-0.2, 0) is 4.79 Å². The number of benzene rings is 2. The summed E-state index contributed by atoms with van der Waals surface area (Å²) in [5.41, 5.74) is 0.366. The van der Waals surface area contributed by atoms with Crippen LogP contribution in [0.15, 0.2) is 48.5 Å². The molecule has 2 rings (SSSR count). The fraction of sp³-hybridized carbons (Fsp3) is 0.235. The third kappa shape index (κ3) is 5.25. The first-order valence-corrected chi connectivity index (χ1v) is 7.17. The third-order valence-electron chi connectivity index (χ3n) is 3.15. The van der Waals surface area contributed by atoms with E-state index in [-0.39, 0.29) is 30.7 Å². The highest BCUT2D eigenvalue weighted by molar-refractivity contribution is 5.81. The number of nitrogens with one attached hydrogen (secondary N) is 1. The van der Waals surface area contributed by atoms with Crippen LogP contribution in [0.1, 0.15) is 0 Å². The molecule has 4 nitrogen and oxygen atoms in total. The van der Waals surface area contributed by atoms with Gasteiger partial charge in [-0.2, -0.15) is 0 Å². The van der Waals surface area contributed by atoms with Gasteiger partial charge in [-0.3, -0.25) is 4.79 Å². The van der Waals surface area contributed by atoms with Crippen molar-refractivity contribution in [1.29, 1.82) is 0 Å². The zero-order valence-corrected chi connectivity index (χ0v) is 12.8. The van der Waals surface area contributed by atoms with Gasteiger partial charge < -0.3 is 15.0 Å². The van der Waals surface area contributed by atoms with Crippen molar-refractivity contribution < 1.29 is 18.3 Å². The van der Waals surface area contributed by atoms with Crippen LogP contribution in [0.4, 0.5) is 14.5 Å². The molecular formula is C17H18F2N2O2. The zero-order valence-electron chi connectivity index (χ0n) is 12.8. The number of nitrogens with zero attached hydrogens (tertiary/aromatic N) is 1. The summed E-state index contributed by atoms with van der Waals surface area (Å²) in [7, 11) is 1.65. The Balaban J connectivity index is 1.71. The van der Waals surface area contributed by atoms with E-state index in [2.05, 4.69) is 5.32 Å². The minimum atomic E-state index is -0.373. The summed E-state index contributed by atoms with van der Waals surface area (Å²) in [6.07, 6.45) is 0. The molecule has 0 radical (unpaired) electrons. The highest BCUT2D eigenvalue weighted by Gasteiger charge is 2.10. The van der Waals surface area contributed by atoms with Crippen molar-refractivity contribution in [3.05, 3.63) is 60.2 Å². The normalized spacial score (nSPS) is 10.2. The Labute approximate surface area is 133 Å². The van der Waals surface area contributed by atoms with Crippen molar-refractivity contribution >= 4 is 11.6 Å². The van der Waals surface area contributed by atoms with Crippen molar-refractivity contribution in [2.75, 3.05) is 31.6 Å². The Kier molecular flexibility index (Phi) is 5.91. The number of anilines is 1. The summed E-state index contributed by atoms with van der Waals surface area (Å²) in [5.74, 6) is -0.410. The summed E-state index contributed by atoms with van der Waals surface area (Å²) in [6, 6.07) is 11.9. The van der Waals surface area contributed by atoms with Crippen molar-refractivity contribution in [3.8, 4) is 5.75 Å². The number of likely N-dealkylation sites (N-methyl/N-ethyl adjacent to an activating group) is 1. The predicted molar refractivity (Wildman–Crippen MR) is 84.6 cm³/mol. The minimum Gasteiger partial charge on any atom is -0.492 e. The first kappa shape index (κ1) is 16.7. The van der Waals surface area contributed by atoms with Crippen LogP contribution in [0.5, 0.6) is 5.75 Å². The number of carbonyl (C=O) groups excluding carboxylic acids is 1. The summed E-state index contributed by atoms with van der Waals surface area (Å²) in [4.78, 5) is 13.3. The molecule has 0 heterocycles. The highest BCUT2D eigenvalue weighted by atomic mass is 19.1. The standard InChI is InChI=1S/C17H18F2N2O2/c1-21(16-5-3-2-4-15(16)19)12-17(22)20-10-11-23-14-8-6-13(18)7-9-14/h2-9H,10-12H2,1H3,(H,20,22). The molecule has 0 atom stereocenters. The summed E-state index contributed by atoms with van der Waals surface area (Å²) >= 11 is 0. The van der Waals surface area contributed by atoms with Gasteiger partial charge >= 0.3 is 0 Å². The molecule has 2 aromatic carbocycles. The number of ether oxygens (including phenoxy) is 1. The molecule has 0 aliphatic rings. The first-order chi connectivity index (χ1) is 11.1. The van der Waals surface area contributed by atoms with Gasteiger partial charge in [-0.05, 0) is 36.4 Å².